The van der Waals surface area contributed by atoms with E-state index in [1.807, 2.05) is 0 Å². The number of nitrogens with two attached hydrogens (primary N) is 1. The quantitative estimate of drug-likeness (QED) is 0.875. The van der Waals surface area contributed by atoms with E-state index in [0.29, 0.717) is 10.6 Å². The maximum absolute atomic E-state index is 12.0. The van der Waals surface area contributed by atoms with Crippen LogP contribution in [-0.4, -0.2) is 13.7 Å². The molecule has 3 nitrogen and oxygen atoms in total. The predicted octanol–water partition coefficient (Wildman–Crippen LogP) is 2.41. The summed E-state index contributed by atoms with van der Waals surface area (Å²) in [7, 11) is 1.38. The molecule has 2 N–H and O–H groups in total. The van der Waals surface area contributed by atoms with Crippen LogP contribution in [0.25, 0.3) is 0 Å². The highest BCUT2D eigenvalue weighted by atomic mass is 35.5. The lowest BCUT2D eigenvalue weighted by molar-refractivity contribution is -0.0505. The summed E-state index contributed by atoms with van der Waals surface area (Å²) in [5.74, 6) is 0.248. The van der Waals surface area contributed by atoms with E-state index in [2.05, 4.69) is 4.74 Å². The summed E-state index contributed by atoms with van der Waals surface area (Å²) in [6.45, 7) is -2.84. The maximum Gasteiger partial charge on any atom is 0.387 e. The first-order valence-corrected chi connectivity index (χ1v) is 4.47. The van der Waals surface area contributed by atoms with Crippen molar-refractivity contribution in [2.45, 2.75) is 13.2 Å². The van der Waals surface area contributed by atoms with E-state index in [-0.39, 0.29) is 18.0 Å². The zero-order valence-corrected chi connectivity index (χ0v) is 8.72. The molecule has 0 saturated carbocycles. The third-order valence-corrected chi connectivity index (χ3v) is 2.07. The van der Waals surface area contributed by atoms with Crippen LogP contribution >= 0.6 is 11.6 Å². The Kier molecular flexibility index (Phi) is 4.11. The summed E-state index contributed by atoms with van der Waals surface area (Å²) in [5, 5.41) is 0.305. The second-order valence-corrected chi connectivity index (χ2v) is 3.08. The standard InChI is InChI=1S/C9H10ClF2NO2/c1-14-8-3-7(15-9(11)12)5(4-13)2-6(8)10/h2-3,9H,4,13H2,1H3. The van der Waals surface area contributed by atoms with Gasteiger partial charge in [0.25, 0.3) is 0 Å². The van der Waals surface area contributed by atoms with E-state index < -0.39 is 6.61 Å². The van der Waals surface area contributed by atoms with Crippen LogP contribution in [0.4, 0.5) is 8.78 Å². The van der Waals surface area contributed by atoms with Crippen molar-refractivity contribution in [3.63, 3.8) is 0 Å². The Hall–Kier alpha value is -1.07. The van der Waals surface area contributed by atoms with Crippen LogP contribution in [0.3, 0.4) is 0 Å². The Morgan fingerprint density at radius 1 is 1.40 bits per heavy atom. The van der Waals surface area contributed by atoms with Gasteiger partial charge in [-0.2, -0.15) is 8.78 Å². The van der Waals surface area contributed by atoms with E-state index in [0.717, 1.165) is 0 Å². The molecule has 0 bridgehead atoms. The molecule has 6 heteroatoms. The largest absolute Gasteiger partial charge is 0.495 e. The van der Waals surface area contributed by atoms with Gasteiger partial charge in [-0.05, 0) is 6.07 Å². The number of ether oxygens (including phenoxy) is 2. The van der Waals surface area contributed by atoms with Crippen LogP contribution in [0.5, 0.6) is 11.5 Å². The van der Waals surface area contributed by atoms with Gasteiger partial charge in [0.1, 0.15) is 11.5 Å². The second-order valence-electron chi connectivity index (χ2n) is 2.68. The van der Waals surface area contributed by atoms with Gasteiger partial charge in [0.05, 0.1) is 12.1 Å². The van der Waals surface area contributed by atoms with E-state index in [9.17, 15) is 8.78 Å². The average Bonchev–Trinajstić information content (AvgIpc) is 2.19. The summed E-state index contributed by atoms with van der Waals surface area (Å²) in [5.41, 5.74) is 5.77. The summed E-state index contributed by atoms with van der Waals surface area (Å²) in [6, 6.07) is 2.73. The van der Waals surface area contributed by atoms with Crippen LogP contribution < -0.4 is 15.2 Å². The van der Waals surface area contributed by atoms with Gasteiger partial charge in [0.15, 0.2) is 0 Å². The molecular weight excluding hydrogens is 228 g/mol. The van der Waals surface area contributed by atoms with Crippen LogP contribution in [0.15, 0.2) is 12.1 Å². The molecule has 1 aromatic carbocycles. The molecule has 0 unspecified atom stereocenters. The SMILES string of the molecule is COc1cc(OC(F)F)c(CN)cc1Cl. The Bertz CT molecular complexity index is 347. The smallest absolute Gasteiger partial charge is 0.387 e. The highest BCUT2D eigenvalue weighted by Gasteiger charge is 2.13. The summed E-state index contributed by atoms with van der Waals surface area (Å²) < 4.78 is 33.2. The van der Waals surface area contributed by atoms with Crippen molar-refractivity contribution in [2.24, 2.45) is 5.73 Å². The second kappa shape index (κ2) is 5.14. The lowest BCUT2D eigenvalue weighted by atomic mass is 10.2. The number of halogens is 3. The molecule has 15 heavy (non-hydrogen) atoms. The fourth-order valence-electron chi connectivity index (χ4n) is 1.10. The molecule has 0 aliphatic rings. The molecule has 1 rings (SSSR count). The number of methoxy groups -OCH3 is 1. The fourth-order valence-corrected chi connectivity index (χ4v) is 1.36. The average molecular weight is 238 g/mol. The molecule has 0 aliphatic heterocycles. The summed E-state index contributed by atoms with van der Waals surface area (Å²) in [4.78, 5) is 0. The first-order valence-electron chi connectivity index (χ1n) is 4.09. The molecule has 0 radical (unpaired) electrons. The lowest BCUT2D eigenvalue weighted by Crippen LogP contribution is -2.07. The first kappa shape index (κ1) is 12.0. The van der Waals surface area contributed by atoms with E-state index in [1.54, 1.807) is 0 Å². The minimum atomic E-state index is -2.90. The summed E-state index contributed by atoms with van der Waals surface area (Å²) in [6.07, 6.45) is 0. The van der Waals surface area contributed by atoms with Crippen LogP contribution in [0, 0.1) is 0 Å². The topological polar surface area (TPSA) is 44.5 Å². The van der Waals surface area contributed by atoms with E-state index in [4.69, 9.17) is 22.1 Å². The molecular formula is C9H10ClF2NO2. The Morgan fingerprint density at radius 3 is 2.53 bits per heavy atom. The van der Waals surface area contributed by atoms with Gasteiger partial charge >= 0.3 is 6.61 Å². The number of benzene rings is 1. The van der Waals surface area contributed by atoms with Gasteiger partial charge in [0, 0.05) is 18.2 Å². The minimum Gasteiger partial charge on any atom is -0.495 e. The van der Waals surface area contributed by atoms with Gasteiger partial charge in [-0.15, -0.1) is 0 Å². The van der Waals surface area contributed by atoms with Crippen molar-refractivity contribution in [1.29, 1.82) is 0 Å². The van der Waals surface area contributed by atoms with Gasteiger partial charge in [0.2, 0.25) is 0 Å². The molecule has 0 aliphatic carbocycles. The van der Waals surface area contributed by atoms with Crippen molar-refractivity contribution in [1.82, 2.24) is 0 Å². The molecule has 0 heterocycles. The Balaban J connectivity index is 3.10. The Morgan fingerprint density at radius 2 is 2.07 bits per heavy atom. The van der Waals surface area contributed by atoms with Crippen molar-refractivity contribution >= 4 is 11.6 Å². The van der Waals surface area contributed by atoms with E-state index in [1.165, 1.54) is 19.2 Å². The van der Waals surface area contributed by atoms with Crippen molar-refractivity contribution < 1.29 is 18.3 Å². The van der Waals surface area contributed by atoms with Gasteiger partial charge < -0.3 is 15.2 Å². The molecule has 0 amide bonds. The highest BCUT2D eigenvalue weighted by Crippen LogP contribution is 2.33. The monoisotopic (exact) mass is 237 g/mol. The first-order chi connectivity index (χ1) is 7.08. The molecule has 0 spiro atoms. The predicted molar refractivity (Wildman–Crippen MR) is 52.5 cm³/mol. The van der Waals surface area contributed by atoms with Crippen LogP contribution in [0.1, 0.15) is 5.56 Å². The molecule has 0 aromatic heterocycles. The zero-order valence-electron chi connectivity index (χ0n) is 7.97. The fraction of sp³-hybridized carbons (Fsp3) is 0.333. The summed E-state index contributed by atoms with van der Waals surface area (Å²) >= 11 is 5.79. The number of hydrogen-bond donors (Lipinski definition) is 1. The molecule has 1 aromatic rings. The van der Waals surface area contributed by atoms with Gasteiger partial charge in [-0.1, -0.05) is 11.6 Å². The maximum atomic E-state index is 12.0. The Labute approximate surface area is 90.7 Å². The van der Waals surface area contributed by atoms with E-state index >= 15 is 0 Å². The van der Waals surface area contributed by atoms with Crippen molar-refractivity contribution in [2.75, 3.05) is 7.11 Å². The lowest BCUT2D eigenvalue weighted by Gasteiger charge is -2.12. The van der Waals surface area contributed by atoms with Crippen molar-refractivity contribution in [3.05, 3.63) is 22.7 Å². The van der Waals surface area contributed by atoms with Gasteiger partial charge in [-0.3, -0.25) is 0 Å². The zero-order chi connectivity index (χ0) is 11.4. The third-order valence-electron chi connectivity index (χ3n) is 1.77. The van der Waals surface area contributed by atoms with Gasteiger partial charge in [-0.25, -0.2) is 0 Å². The molecule has 0 atom stereocenters. The highest BCUT2D eigenvalue weighted by molar-refractivity contribution is 6.32. The third kappa shape index (κ3) is 2.94. The number of alkyl halides is 2. The van der Waals surface area contributed by atoms with Crippen LogP contribution in [0.2, 0.25) is 5.02 Å². The molecule has 0 fully saturated rings. The van der Waals surface area contributed by atoms with Crippen LogP contribution in [-0.2, 0) is 6.54 Å². The molecule has 0 saturated heterocycles. The number of rotatable bonds is 4. The van der Waals surface area contributed by atoms with Crippen molar-refractivity contribution in [3.8, 4) is 11.5 Å². The minimum absolute atomic E-state index is 0.0197. The normalized spacial score (nSPS) is 10.5. The molecule has 84 valence electrons. The number of hydrogen-bond acceptors (Lipinski definition) is 3.